The minimum absolute atomic E-state index is 0.0260. The molecule has 1 unspecified atom stereocenters. The number of rotatable bonds is 5. The highest BCUT2D eigenvalue weighted by Gasteiger charge is 2.19. The first-order valence-electron chi connectivity index (χ1n) is 5.01. The van der Waals surface area contributed by atoms with Crippen LogP contribution in [0.1, 0.15) is 15.9 Å². The van der Waals surface area contributed by atoms with Gasteiger partial charge in [0.25, 0.3) is 0 Å². The number of benzene rings is 1. The molecule has 0 aliphatic rings. The predicted octanol–water partition coefficient (Wildman–Crippen LogP) is 0.0488. The van der Waals surface area contributed by atoms with Gasteiger partial charge in [-0.1, -0.05) is 12.1 Å². The van der Waals surface area contributed by atoms with Crippen molar-refractivity contribution in [2.24, 2.45) is 5.73 Å². The van der Waals surface area contributed by atoms with Crippen molar-refractivity contribution in [1.82, 2.24) is 5.32 Å². The molecule has 1 rings (SSSR count). The summed E-state index contributed by atoms with van der Waals surface area (Å²) in [5.74, 6) is -2.28. The van der Waals surface area contributed by atoms with Gasteiger partial charge >= 0.3 is 18.0 Å². The van der Waals surface area contributed by atoms with Gasteiger partial charge in [0.1, 0.15) is 6.04 Å². The van der Waals surface area contributed by atoms with E-state index in [0.717, 1.165) is 0 Å². The fraction of sp³-hybridized carbons (Fsp3) is 0.182. The van der Waals surface area contributed by atoms with Crippen LogP contribution in [-0.4, -0.2) is 34.2 Å². The van der Waals surface area contributed by atoms with Crippen molar-refractivity contribution >= 4 is 18.0 Å². The Morgan fingerprint density at radius 1 is 1.17 bits per heavy atom. The van der Waals surface area contributed by atoms with Crippen LogP contribution >= 0.6 is 0 Å². The van der Waals surface area contributed by atoms with Crippen molar-refractivity contribution in [3.05, 3.63) is 35.4 Å². The van der Waals surface area contributed by atoms with Gasteiger partial charge in [-0.3, -0.25) is 0 Å². The van der Waals surface area contributed by atoms with E-state index in [0.29, 0.717) is 5.56 Å². The maximum Gasteiger partial charge on any atom is 0.335 e. The smallest absolute Gasteiger partial charge is 0.335 e. The summed E-state index contributed by atoms with van der Waals surface area (Å²) in [6, 6.07) is 3.63. The highest BCUT2D eigenvalue weighted by molar-refractivity contribution is 5.87. The number of carboxylic acid groups (broad SMARTS) is 2. The van der Waals surface area contributed by atoms with Crippen LogP contribution < -0.4 is 11.1 Å². The molecule has 0 bridgehead atoms. The summed E-state index contributed by atoms with van der Waals surface area (Å²) in [5, 5.41) is 19.6. The molecule has 0 aliphatic carbocycles. The van der Waals surface area contributed by atoms with E-state index in [1.807, 2.05) is 0 Å². The topological polar surface area (TPSA) is 130 Å². The number of hydrogen-bond donors (Lipinski definition) is 4. The number of carbonyl (C=O) groups excluding carboxylic acids is 1. The highest BCUT2D eigenvalue weighted by Crippen LogP contribution is 2.07. The van der Waals surface area contributed by atoms with Crippen molar-refractivity contribution in [3.63, 3.8) is 0 Å². The second-order valence-electron chi connectivity index (χ2n) is 3.61. The van der Waals surface area contributed by atoms with Gasteiger partial charge in [-0.2, -0.15) is 0 Å². The molecule has 0 aliphatic heterocycles. The molecule has 0 saturated heterocycles. The molecule has 0 saturated carbocycles. The third-order valence-corrected chi connectivity index (χ3v) is 2.26. The Morgan fingerprint density at radius 3 is 2.11 bits per heavy atom. The van der Waals surface area contributed by atoms with Gasteiger partial charge in [-0.25, -0.2) is 14.4 Å². The molecule has 7 nitrogen and oxygen atoms in total. The quantitative estimate of drug-likeness (QED) is 0.588. The van der Waals surface area contributed by atoms with Gasteiger partial charge in [-0.15, -0.1) is 0 Å². The number of amides is 2. The molecule has 0 heterocycles. The molecule has 0 spiro atoms. The maximum atomic E-state index is 10.9. The van der Waals surface area contributed by atoms with E-state index >= 15 is 0 Å². The summed E-state index contributed by atoms with van der Waals surface area (Å²) in [4.78, 5) is 32.1. The molecule has 2 amide bonds. The van der Waals surface area contributed by atoms with E-state index in [1.54, 1.807) is 0 Å². The molecule has 0 fully saturated rings. The number of hydrogen-bond acceptors (Lipinski definition) is 3. The Morgan fingerprint density at radius 2 is 1.72 bits per heavy atom. The fourth-order valence-corrected chi connectivity index (χ4v) is 1.39. The summed E-state index contributed by atoms with van der Waals surface area (Å²) in [6.07, 6.45) is 0.0260. The predicted molar refractivity (Wildman–Crippen MR) is 61.2 cm³/mol. The van der Waals surface area contributed by atoms with Gasteiger partial charge in [0.15, 0.2) is 0 Å². The molecule has 18 heavy (non-hydrogen) atoms. The highest BCUT2D eigenvalue weighted by atomic mass is 16.4. The van der Waals surface area contributed by atoms with E-state index in [-0.39, 0.29) is 12.0 Å². The monoisotopic (exact) mass is 252 g/mol. The van der Waals surface area contributed by atoms with Crippen LogP contribution in [0.4, 0.5) is 4.79 Å². The van der Waals surface area contributed by atoms with Gasteiger partial charge in [0.05, 0.1) is 5.56 Å². The first-order chi connectivity index (χ1) is 8.40. The number of aromatic carboxylic acids is 1. The molecule has 7 heteroatoms. The van der Waals surface area contributed by atoms with Gasteiger partial charge in [0.2, 0.25) is 0 Å². The number of carboxylic acids is 2. The Labute approximate surface area is 102 Å². The van der Waals surface area contributed by atoms with E-state index < -0.39 is 24.0 Å². The number of aliphatic carboxylic acids is 1. The number of nitrogens with one attached hydrogen (secondary N) is 1. The number of carbonyl (C=O) groups is 3. The molecule has 1 aromatic carbocycles. The van der Waals surface area contributed by atoms with Gasteiger partial charge in [0, 0.05) is 6.42 Å². The van der Waals surface area contributed by atoms with E-state index in [1.165, 1.54) is 24.3 Å². The molecular weight excluding hydrogens is 240 g/mol. The zero-order chi connectivity index (χ0) is 13.7. The van der Waals surface area contributed by atoms with Crippen LogP contribution in [-0.2, 0) is 11.2 Å². The standard InChI is InChI=1S/C11H12N2O5/c12-11(18)13-8(10(16)17)5-6-1-3-7(4-2-6)9(14)15/h1-4,8H,5H2,(H,14,15)(H,16,17)(H3,12,13,18). The third-order valence-electron chi connectivity index (χ3n) is 2.26. The Bertz CT molecular complexity index is 469. The van der Waals surface area contributed by atoms with Crippen LogP contribution in [0.3, 0.4) is 0 Å². The van der Waals surface area contributed by atoms with Crippen molar-refractivity contribution in [1.29, 1.82) is 0 Å². The van der Waals surface area contributed by atoms with Crippen molar-refractivity contribution in [2.45, 2.75) is 12.5 Å². The number of nitrogens with two attached hydrogens (primary N) is 1. The van der Waals surface area contributed by atoms with Crippen molar-refractivity contribution < 1.29 is 24.6 Å². The largest absolute Gasteiger partial charge is 0.480 e. The maximum absolute atomic E-state index is 10.9. The zero-order valence-corrected chi connectivity index (χ0v) is 9.29. The van der Waals surface area contributed by atoms with E-state index in [4.69, 9.17) is 15.9 Å². The Balaban J connectivity index is 2.78. The zero-order valence-electron chi connectivity index (χ0n) is 9.29. The average Bonchev–Trinajstić information content (AvgIpc) is 2.28. The molecular formula is C11H12N2O5. The second-order valence-corrected chi connectivity index (χ2v) is 3.61. The lowest BCUT2D eigenvalue weighted by Gasteiger charge is -2.12. The number of primary amides is 1. The van der Waals surface area contributed by atoms with Crippen LogP contribution in [0, 0.1) is 0 Å². The van der Waals surface area contributed by atoms with Crippen LogP contribution in [0.2, 0.25) is 0 Å². The summed E-state index contributed by atoms with van der Waals surface area (Å²) >= 11 is 0. The van der Waals surface area contributed by atoms with Crippen LogP contribution in [0.25, 0.3) is 0 Å². The van der Waals surface area contributed by atoms with E-state index in [9.17, 15) is 14.4 Å². The Hall–Kier alpha value is -2.57. The van der Waals surface area contributed by atoms with Gasteiger partial charge < -0.3 is 21.3 Å². The fourth-order valence-electron chi connectivity index (χ4n) is 1.39. The lowest BCUT2D eigenvalue weighted by atomic mass is 10.0. The first-order valence-corrected chi connectivity index (χ1v) is 5.01. The van der Waals surface area contributed by atoms with Crippen molar-refractivity contribution in [2.75, 3.05) is 0 Å². The molecule has 0 radical (unpaired) electrons. The molecule has 1 atom stereocenters. The van der Waals surface area contributed by atoms with Crippen molar-refractivity contribution in [3.8, 4) is 0 Å². The third kappa shape index (κ3) is 3.78. The summed E-state index contributed by atoms with van der Waals surface area (Å²) in [7, 11) is 0. The average molecular weight is 252 g/mol. The van der Waals surface area contributed by atoms with Crippen LogP contribution in [0.5, 0.6) is 0 Å². The van der Waals surface area contributed by atoms with Crippen LogP contribution in [0.15, 0.2) is 24.3 Å². The lowest BCUT2D eigenvalue weighted by Crippen LogP contribution is -2.44. The lowest BCUT2D eigenvalue weighted by molar-refractivity contribution is -0.139. The Kier molecular flexibility index (Phi) is 4.25. The summed E-state index contributed by atoms with van der Waals surface area (Å²) < 4.78 is 0. The summed E-state index contributed by atoms with van der Waals surface area (Å²) in [6.45, 7) is 0. The molecule has 0 aromatic heterocycles. The van der Waals surface area contributed by atoms with E-state index in [2.05, 4.69) is 5.32 Å². The normalized spacial score (nSPS) is 11.6. The molecule has 1 aromatic rings. The minimum atomic E-state index is -1.21. The minimum Gasteiger partial charge on any atom is -0.480 e. The second kappa shape index (κ2) is 5.67. The molecule has 5 N–H and O–H groups in total. The SMILES string of the molecule is NC(=O)NC(Cc1ccc(C(=O)O)cc1)C(=O)O. The first kappa shape index (κ1) is 13.5. The number of urea groups is 1. The molecule has 96 valence electrons. The van der Waals surface area contributed by atoms with Gasteiger partial charge in [-0.05, 0) is 17.7 Å². The summed E-state index contributed by atoms with van der Waals surface area (Å²) in [5.41, 5.74) is 5.55.